The molecule has 2 N–H and O–H groups in total. The summed E-state index contributed by atoms with van der Waals surface area (Å²) in [5.41, 5.74) is -1.29. The van der Waals surface area contributed by atoms with E-state index in [2.05, 4.69) is 4.98 Å². The Labute approximate surface area is 118 Å². The number of nitrogens with one attached hydrogen (secondary N) is 1. The average Bonchev–Trinajstić information content (AvgIpc) is 3.24. The van der Waals surface area contributed by atoms with Crippen molar-refractivity contribution in [3.05, 3.63) is 42.9 Å². The first-order valence-electron chi connectivity index (χ1n) is 7.01. The van der Waals surface area contributed by atoms with Gasteiger partial charge >= 0.3 is 11.3 Å². The van der Waals surface area contributed by atoms with E-state index in [4.69, 9.17) is 9.52 Å². The van der Waals surface area contributed by atoms with E-state index in [1.807, 2.05) is 0 Å². The Morgan fingerprint density at radius 3 is 2.76 bits per heavy atom. The van der Waals surface area contributed by atoms with Crippen molar-refractivity contribution >= 4 is 11.1 Å². The van der Waals surface area contributed by atoms with Gasteiger partial charge in [0, 0.05) is 6.07 Å². The molecule has 1 fully saturated rings. The van der Waals surface area contributed by atoms with Gasteiger partial charge in [-0.3, -0.25) is 14.3 Å². The van der Waals surface area contributed by atoms with Crippen LogP contribution in [-0.2, 0) is 13.0 Å². The standard InChI is InChI=1S/C14H16N2O5/c17-6-5-16-13(19)11-9(4-3-8-1-2-8)7-10(18)21-12(11)15-14(16)20/h7-8,17H,1-6H2,(H,15,20). The third-order valence-electron chi connectivity index (χ3n) is 3.81. The minimum atomic E-state index is -0.691. The minimum absolute atomic E-state index is 0.0857. The maximum Gasteiger partial charge on any atom is 0.337 e. The quantitative estimate of drug-likeness (QED) is 0.805. The van der Waals surface area contributed by atoms with Crippen molar-refractivity contribution < 1.29 is 9.52 Å². The molecule has 2 heterocycles. The number of aromatic nitrogens is 2. The van der Waals surface area contributed by atoms with Crippen LogP contribution in [0.4, 0.5) is 0 Å². The second-order valence-electron chi connectivity index (χ2n) is 5.39. The number of hydrogen-bond donors (Lipinski definition) is 2. The Morgan fingerprint density at radius 2 is 2.10 bits per heavy atom. The number of aromatic amines is 1. The first-order valence-corrected chi connectivity index (χ1v) is 7.01. The molecule has 0 amide bonds. The van der Waals surface area contributed by atoms with E-state index in [0.717, 1.165) is 11.0 Å². The smallest absolute Gasteiger partial charge is 0.337 e. The molecule has 2 aromatic rings. The number of aryl methyl sites for hydroxylation is 1. The van der Waals surface area contributed by atoms with E-state index < -0.39 is 16.9 Å². The molecule has 1 aliphatic rings. The summed E-state index contributed by atoms with van der Waals surface area (Å²) in [6.07, 6.45) is 3.89. The third kappa shape index (κ3) is 2.69. The van der Waals surface area contributed by atoms with Crippen molar-refractivity contribution in [2.24, 2.45) is 5.92 Å². The van der Waals surface area contributed by atoms with Crippen LogP contribution < -0.4 is 16.9 Å². The van der Waals surface area contributed by atoms with Gasteiger partial charge in [0.15, 0.2) is 0 Å². The first-order chi connectivity index (χ1) is 10.1. The van der Waals surface area contributed by atoms with Gasteiger partial charge in [-0.25, -0.2) is 9.59 Å². The summed E-state index contributed by atoms with van der Waals surface area (Å²) in [6.45, 7) is -0.409. The van der Waals surface area contributed by atoms with E-state index in [-0.39, 0.29) is 24.3 Å². The largest absolute Gasteiger partial charge is 0.405 e. The molecule has 21 heavy (non-hydrogen) atoms. The van der Waals surface area contributed by atoms with Crippen molar-refractivity contribution in [2.45, 2.75) is 32.2 Å². The van der Waals surface area contributed by atoms with Gasteiger partial charge in [-0.1, -0.05) is 12.8 Å². The number of H-pyrrole nitrogens is 1. The van der Waals surface area contributed by atoms with Gasteiger partial charge < -0.3 is 9.52 Å². The van der Waals surface area contributed by atoms with Gasteiger partial charge in [-0.15, -0.1) is 0 Å². The van der Waals surface area contributed by atoms with Crippen LogP contribution in [0.15, 0.2) is 24.9 Å². The highest BCUT2D eigenvalue weighted by atomic mass is 16.4. The van der Waals surface area contributed by atoms with Gasteiger partial charge in [0.05, 0.1) is 13.2 Å². The van der Waals surface area contributed by atoms with E-state index in [9.17, 15) is 14.4 Å². The van der Waals surface area contributed by atoms with Crippen LogP contribution in [0.3, 0.4) is 0 Å². The molecule has 0 radical (unpaired) electrons. The van der Waals surface area contributed by atoms with Gasteiger partial charge in [0.2, 0.25) is 5.71 Å². The molecule has 7 nitrogen and oxygen atoms in total. The van der Waals surface area contributed by atoms with Gasteiger partial charge in [0.25, 0.3) is 5.56 Å². The molecule has 7 heteroatoms. The number of aliphatic hydroxyl groups is 1. The summed E-state index contributed by atoms with van der Waals surface area (Å²) in [7, 11) is 0. The molecule has 112 valence electrons. The maximum absolute atomic E-state index is 12.4. The predicted molar refractivity (Wildman–Crippen MR) is 75.5 cm³/mol. The molecule has 2 aromatic heterocycles. The van der Waals surface area contributed by atoms with Crippen LogP contribution in [0.5, 0.6) is 0 Å². The van der Waals surface area contributed by atoms with Crippen LogP contribution in [-0.4, -0.2) is 21.3 Å². The van der Waals surface area contributed by atoms with Gasteiger partial charge in [-0.2, -0.15) is 0 Å². The Morgan fingerprint density at radius 1 is 1.33 bits per heavy atom. The van der Waals surface area contributed by atoms with Crippen LogP contribution in [0.25, 0.3) is 11.1 Å². The SMILES string of the molecule is O=c1cc(CCC2CC2)c2c(=O)n(CCO)c(=O)[nH]c2o1. The molecular weight excluding hydrogens is 276 g/mol. The van der Waals surface area contributed by atoms with Crippen molar-refractivity contribution in [3.8, 4) is 0 Å². The number of hydrogen-bond acceptors (Lipinski definition) is 5. The zero-order chi connectivity index (χ0) is 15.0. The molecule has 0 atom stereocenters. The Kier molecular flexibility index (Phi) is 3.50. The lowest BCUT2D eigenvalue weighted by molar-refractivity contribution is 0.271. The van der Waals surface area contributed by atoms with E-state index in [0.29, 0.717) is 17.9 Å². The maximum atomic E-state index is 12.4. The Hall–Kier alpha value is -2.15. The van der Waals surface area contributed by atoms with Crippen molar-refractivity contribution in [2.75, 3.05) is 6.61 Å². The molecule has 1 aliphatic carbocycles. The Balaban J connectivity index is 2.20. The molecule has 0 aliphatic heterocycles. The lowest BCUT2D eigenvalue weighted by atomic mass is 10.1. The van der Waals surface area contributed by atoms with Crippen molar-refractivity contribution in [1.82, 2.24) is 9.55 Å². The fraction of sp³-hybridized carbons (Fsp3) is 0.500. The van der Waals surface area contributed by atoms with Crippen LogP contribution >= 0.6 is 0 Å². The van der Waals surface area contributed by atoms with E-state index >= 15 is 0 Å². The number of nitrogens with zero attached hydrogens (tertiary/aromatic N) is 1. The topological polar surface area (TPSA) is 105 Å². The average molecular weight is 292 g/mol. The number of rotatable bonds is 5. The number of aliphatic hydroxyl groups excluding tert-OH is 1. The molecule has 1 saturated carbocycles. The fourth-order valence-electron chi connectivity index (χ4n) is 2.52. The molecule has 3 rings (SSSR count). The molecule has 0 unspecified atom stereocenters. The van der Waals surface area contributed by atoms with Crippen LogP contribution in [0.1, 0.15) is 24.8 Å². The summed E-state index contributed by atoms with van der Waals surface area (Å²) in [5.74, 6) is 0.662. The van der Waals surface area contributed by atoms with Gasteiger partial charge in [0.1, 0.15) is 5.39 Å². The second-order valence-corrected chi connectivity index (χ2v) is 5.39. The molecule has 0 bridgehead atoms. The summed E-state index contributed by atoms with van der Waals surface area (Å²) in [5, 5.41) is 9.18. The van der Waals surface area contributed by atoms with Gasteiger partial charge in [-0.05, 0) is 24.3 Å². The van der Waals surface area contributed by atoms with E-state index in [1.54, 1.807) is 0 Å². The highest BCUT2D eigenvalue weighted by Crippen LogP contribution is 2.33. The lowest BCUT2D eigenvalue weighted by Gasteiger charge is -2.07. The summed E-state index contributed by atoms with van der Waals surface area (Å²) in [4.78, 5) is 38.1. The molecule has 0 saturated heterocycles. The summed E-state index contributed by atoms with van der Waals surface area (Å²) >= 11 is 0. The first kappa shape index (κ1) is 13.8. The Bertz CT molecular complexity index is 841. The van der Waals surface area contributed by atoms with Crippen molar-refractivity contribution in [3.63, 3.8) is 0 Å². The summed E-state index contributed by atoms with van der Waals surface area (Å²) in [6, 6.07) is 1.31. The van der Waals surface area contributed by atoms with Crippen LogP contribution in [0, 0.1) is 5.92 Å². The number of fused-ring (bicyclic) bond motifs is 1. The zero-order valence-electron chi connectivity index (χ0n) is 11.4. The highest BCUT2D eigenvalue weighted by Gasteiger charge is 2.22. The predicted octanol–water partition coefficient (Wildman–Crippen LogP) is -0.0221. The van der Waals surface area contributed by atoms with Crippen LogP contribution in [0.2, 0.25) is 0 Å². The highest BCUT2D eigenvalue weighted by molar-refractivity contribution is 5.75. The second kappa shape index (κ2) is 5.33. The lowest BCUT2D eigenvalue weighted by Crippen LogP contribution is -2.36. The molecular formula is C14H16N2O5. The van der Waals surface area contributed by atoms with Crippen molar-refractivity contribution in [1.29, 1.82) is 0 Å². The third-order valence-corrected chi connectivity index (χ3v) is 3.81. The fourth-order valence-corrected chi connectivity index (χ4v) is 2.52. The van der Waals surface area contributed by atoms with E-state index in [1.165, 1.54) is 18.9 Å². The zero-order valence-corrected chi connectivity index (χ0v) is 11.4. The molecule has 0 aromatic carbocycles. The normalized spacial score (nSPS) is 14.7. The summed E-state index contributed by atoms with van der Waals surface area (Å²) < 4.78 is 5.85. The molecule has 0 spiro atoms. The minimum Gasteiger partial charge on any atom is -0.405 e. The monoisotopic (exact) mass is 292 g/mol.